The number of fused-ring (bicyclic) bond motifs is 1. The molecule has 88 valence electrons. The topological polar surface area (TPSA) is 88.7 Å². The molecule has 2 aliphatic rings. The lowest BCUT2D eigenvalue weighted by atomic mass is 9.85. The maximum atomic E-state index is 9.24. The molecular weight excluding hydrogens is 212 g/mol. The van der Waals surface area contributed by atoms with Gasteiger partial charge in [-0.15, -0.1) is 0 Å². The van der Waals surface area contributed by atoms with Gasteiger partial charge in [0.25, 0.3) is 0 Å². The van der Waals surface area contributed by atoms with Gasteiger partial charge in [0, 0.05) is 11.7 Å². The van der Waals surface area contributed by atoms with E-state index in [1.165, 1.54) is 18.4 Å². The summed E-state index contributed by atoms with van der Waals surface area (Å²) in [4.78, 5) is 4.39. The first kappa shape index (κ1) is 10.5. The molecule has 1 atom stereocenters. The fourth-order valence-corrected chi connectivity index (χ4v) is 2.77. The Labute approximate surface area is 101 Å². The summed E-state index contributed by atoms with van der Waals surface area (Å²) in [5.41, 5.74) is 16.0. The van der Waals surface area contributed by atoms with Crippen LogP contribution in [0.4, 0.5) is 5.82 Å². The molecule has 1 heterocycles. The molecule has 0 spiro atoms. The van der Waals surface area contributed by atoms with Gasteiger partial charge in [-0.3, -0.25) is 0 Å². The van der Waals surface area contributed by atoms with Gasteiger partial charge in [0.1, 0.15) is 11.9 Å². The highest BCUT2D eigenvalue weighted by atomic mass is 14.9. The minimum atomic E-state index is 0.206. The monoisotopic (exact) mass is 228 g/mol. The first-order valence-electron chi connectivity index (χ1n) is 6.17. The van der Waals surface area contributed by atoms with E-state index in [0.29, 0.717) is 17.3 Å². The summed E-state index contributed by atoms with van der Waals surface area (Å²) in [6, 6.07) is 2.43. The lowest BCUT2D eigenvalue weighted by Gasteiger charge is -2.24. The lowest BCUT2D eigenvalue weighted by molar-refractivity contribution is 0.563. The van der Waals surface area contributed by atoms with Crippen molar-refractivity contribution in [3.8, 4) is 6.07 Å². The number of anilines is 1. The van der Waals surface area contributed by atoms with Gasteiger partial charge in [-0.2, -0.15) is 5.26 Å². The third kappa shape index (κ3) is 1.67. The molecule has 1 aromatic heterocycles. The largest absolute Gasteiger partial charge is 0.383 e. The van der Waals surface area contributed by atoms with E-state index in [9.17, 15) is 5.26 Å². The molecule has 1 fully saturated rings. The molecule has 1 saturated carbocycles. The van der Waals surface area contributed by atoms with Crippen LogP contribution < -0.4 is 11.5 Å². The molecule has 2 aliphatic carbocycles. The highest BCUT2D eigenvalue weighted by Gasteiger charge is 2.33. The SMILES string of the molecule is N#Cc1c(N)nc2c(c1C1CC1)C[C@@H](N)CC2. The van der Waals surface area contributed by atoms with Crippen molar-refractivity contribution in [1.82, 2.24) is 4.98 Å². The molecule has 17 heavy (non-hydrogen) atoms. The molecule has 0 unspecified atom stereocenters. The summed E-state index contributed by atoms with van der Waals surface area (Å²) in [7, 11) is 0. The predicted octanol–water partition coefficient (Wildman–Crippen LogP) is 1.23. The fraction of sp³-hybridized carbons (Fsp3) is 0.538. The van der Waals surface area contributed by atoms with E-state index in [4.69, 9.17) is 11.5 Å². The van der Waals surface area contributed by atoms with Gasteiger partial charge >= 0.3 is 0 Å². The fourth-order valence-electron chi connectivity index (χ4n) is 2.77. The van der Waals surface area contributed by atoms with Crippen molar-refractivity contribution in [2.24, 2.45) is 5.73 Å². The van der Waals surface area contributed by atoms with Crippen LogP contribution in [0, 0.1) is 11.3 Å². The molecule has 4 nitrogen and oxygen atoms in total. The van der Waals surface area contributed by atoms with E-state index >= 15 is 0 Å². The molecule has 4 heteroatoms. The number of hydrogen-bond donors (Lipinski definition) is 2. The van der Waals surface area contributed by atoms with Crippen LogP contribution in [0.1, 0.15) is 47.6 Å². The first-order chi connectivity index (χ1) is 8.20. The van der Waals surface area contributed by atoms with Crippen LogP contribution >= 0.6 is 0 Å². The molecule has 1 aromatic rings. The predicted molar refractivity (Wildman–Crippen MR) is 65.3 cm³/mol. The van der Waals surface area contributed by atoms with E-state index in [1.54, 1.807) is 0 Å². The second-order valence-corrected chi connectivity index (χ2v) is 5.10. The lowest BCUT2D eigenvalue weighted by Crippen LogP contribution is -2.30. The molecule has 0 radical (unpaired) electrons. The molecule has 0 aromatic carbocycles. The van der Waals surface area contributed by atoms with Crippen LogP contribution in [0.3, 0.4) is 0 Å². The zero-order chi connectivity index (χ0) is 12.0. The summed E-state index contributed by atoms with van der Waals surface area (Å²) in [5, 5.41) is 9.24. The number of aryl methyl sites for hydroxylation is 1. The second-order valence-electron chi connectivity index (χ2n) is 5.10. The smallest absolute Gasteiger partial charge is 0.141 e. The molecule has 3 rings (SSSR count). The normalized spacial score (nSPS) is 22.9. The molecule has 0 saturated heterocycles. The zero-order valence-electron chi connectivity index (χ0n) is 9.74. The van der Waals surface area contributed by atoms with E-state index in [0.717, 1.165) is 30.5 Å². The van der Waals surface area contributed by atoms with Crippen LogP contribution in [-0.4, -0.2) is 11.0 Å². The number of nitrogen functional groups attached to an aromatic ring is 1. The van der Waals surface area contributed by atoms with Crippen molar-refractivity contribution >= 4 is 5.82 Å². The Morgan fingerprint density at radius 1 is 1.29 bits per heavy atom. The van der Waals surface area contributed by atoms with Crippen molar-refractivity contribution in [1.29, 1.82) is 5.26 Å². The maximum absolute atomic E-state index is 9.24. The van der Waals surface area contributed by atoms with Crippen LogP contribution in [0.2, 0.25) is 0 Å². The van der Waals surface area contributed by atoms with E-state index < -0.39 is 0 Å². The molecule has 0 bridgehead atoms. The van der Waals surface area contributed by atoms with Crippen molar-refractivity contribution < 1.29 is 0 Å². The summed E-state index contributed by atoms with van der Waals surface area (Å²) < 4.78 is 0. The third-order valence-corrected chi connectivity index (χ3v) is 3.77. The summed E-state index contributed by atoms with van der Waals surface area (Å²) >= 11 is 0. The second kappa shape index (κ2) is 3.71. The summed E-state index contributed by atoms with van der Waals surface area (Å²) in [6.07, 6.45) is 5.05. The highest BCUT2D eigenvalue weighted by molar-refractivity contribution is 5.60. The minimum absolute atomic E-state index is 0.206. The summed E-state index contributed by atoms with van der Waals surface area (Å²) in [6.45, 7) is 0. The standard InChI is InChI=1S/C13H16N4/c14-6-10-12(7-1-2-7)9-5-8(15)3-4-11(9)17-13(10)16/h7-8H,1-5,15H2,(H2,16,17)/t8-/m0/s1. The average molecular weight is 228 g/mol. The van der Waals surface area contributed by atoms with Crippen LogP contribution in [0.5, 0.6) is 0 Å². The van der Waals surface area contributed by atoms with Gasteiger partial charge in [-0.05, 0) is 49.1 Å². The van der Waals surface area contributed by atoms with Crippen molar-refractivity contribution in [2.45, 2.75) is 44.1 Å². The van der Waals surface area contributed by atoms with Crippen LogP contribution in [0.25, 0.3) is 0 Å². The van der Waals surface area contributed by atoms with Gasteiger partial charge in [0.15, 0.2) is 0 Å². The highest BCUT2D eigenvalue weighted by Crippen LogP contribution is 2.45. The van der Waals surface area contributed by atoms with E-state index in [2.05, 4.69) is 11.1 Å². The average Bonchev–Trinajstić information content (AvgIpc) is 3.12. The first-order valence-corrected chi connectivity index (χ1v) is 6.17. The van der Waals surface area contributed by atoms with Crippen molar-refractivity contribution in [3.63, 3.8) is 0 Å². The van der Waals surface area contributed by atoms with Crippen molar-refractivity contribution in [2.75, 3.05) is 5.73 Å². The van der Waals surface area contributed by atoms with Gasteiger partial charge < -0.3 is 11.5 Å². The minimum Gasteiger partial charge on any atom is -0.383 e. The van der Waals surface area contributed by atoms with Gasteiger partial charge in [0.05, 0.1) is 5.56 Å². The number of aromatic nitrogens is 1. The Morgan fingerprint density at radius 2 is 2.06 bits per heavy atom. The van der Waals surface area contributed by atoms with Gasteiger partial charge in [0.2, 0.25) is 0 Å². The number of nitrogens with zero attached hydrogens (tertiary/aromatic N) is 2. The van der Waals surface area contributed by atoms with E-state index in [1.807, 2.05) is 0 Å². The Morgan fingerprint density at radius 3 is 2.71 bits per heavy atom. The van der Waals surface area contributed by atoms with Gasteiger partial charge in [-0.25, -0.2) is 4.98 Å². The van der Waals surface area contributed by atoms with Crippen LogP contribution in [0.15, 0.2) is 0 Å². The molecular formula is C13H16N4. The summed E-state index contributed by atoms with van der Waals surface area (Å²) in [5.74, 6) is 0.928. The third-order valence-electron chi connectivity index (χ3n) is 3.77. The maximum Gasteiger partial charge on any atom is 0.141 e. The van der Waals surface area contributed by atoms with E-state index in [-0.39, 0.29) is 6.04 Å². The molecule has 0 amide bonds. The number of nitriles is 1. The quantitative estimate of drug-likeness (QED) is 0.756. The number of hydrogen-bond acceptors (Lipinski definition) is 4. The number of rotatable bonds is 1. The number of pyridine rings is 1. The zero-order valence-corrected chi connectivity index (χ0v) is 9.74. The Bertz CT molecular complexity index is 511. The van der Waals surface area contributed by atoms with Crippen LogP contribution in [-0.2, 0) is 12.8 Å². The Balaban J connectivity index is 2.20. The van der Waals surface area contributed by atoms with Gasteiger partial charge in [-0.1, -0.05) is 0 Å². The number of nitrogens with two attached hydrogens (primary N) is 2. The molecule has 4 N–H and O–H groups in total. The molecule has 0 aliphatic heterocycles. The Kier molecular flexibility index (Phi) is 2.30. The van der Waals surface area contributed by atoms with Crippen molar-refractivity contribution in [3.05, 3.63) is 22.4 Å². The Hall–Kier alpha value is -1.60.